The number of amides is 2. The van der Waals surface area contributed by atoms with Crippen molar-refractivity contribution in [2.75, 3.05) is 19.0 Å². The Balaban J connectivity index is 1.57. The molecule has 0 spiro atoms. The predicted octanol–water partition coefficient (Wildman–Crippen LogP) is 1.26. The van der Waals surface area contributed by atoms with Crippen LogP contribution in [0.2, 0.25) is 0 Å². The normalized spacial score (nSPS) is 20.4. The molecule has 1 saturated heterocycles. The Hall–Kier alpha value is -2.68. The van der Waals surface area contributed by atoms with Crippen LogP contribution in [0.4, 0.5) is 10.6 Å². The van der Waals surface area contributed by atoms with Crippen LogP contribution in [-0.2, 0) is 11.8 Å². The number of aryl methyl sites for hydroxylation is 1. The molecule has 1 fully saturated rings. The average Bonchev–Trinajstić information content (AvgIpc) is 3.01. The topological polar surface area (TPSA) is 103 Å². The molecule has 1 aliphatic rings. The van der Waals surface area contributed by atoms with Crippen molar-refractivity contribution in [3.63, 3.8) is 0 Å². The molecule has 128 valence electrons. The van der Waals surface area contributed by atoms with Crippen LogP contribution in [0.15, 0.2) is 24.9 Å². The molecule has 2 amide bonds. The van der Waals surface area contributed by atoms with E-state index in [1.54, 1.807) is 18.6 Å². The highest BCUT2D eigenvalue weighted by atomic mass is 16.5. The van der Waals surface area contributed by atoms with Gasteiger partial charge < -0.3 is 19.4 Å². The van der Waals surface area contributed by atoms with E-state index in [1.165, 1.54) is 13.4 Å². The van der Waals surface area contributed by atoms with E-state index < -0.39 is 0 Å². The Kier molecular flexibility index (Phi) is 4.90. The zero-order chi connectivity index (χ0) is 16.9. The first-order chi connectivity index (χ1) is 11.7. The number of imidazole rings is 1. The minimum absolute atomic E-state index is 0.0161. The summed E-state index contributed by atoms with van der Waals surface area (Å²) < 4.78 is 12.7. The van der Waals surface area contributed by atoms with Crippen LogP contribution in [0.3, 0.4) is 0 Å². The minimum atomic E-state index is -0.314. The molecular weight excluding hydrogens is 312 g/mol. The molecule has 2 aromatic heterocycles. The number of carbonyl (C=O) groups is 1. The maximum absolute atomic E-state index is 12.2. The average molecular weight is 332 g/mol. The van der Waals surface area contributed by atoms with Gasteiger partial charge in [0.25, 0.3) is 0 Å². The van der Waals surface area contributed by atoms with Crippen molar-refractivity contribution in [2.45, 2.75) is 25.0 Å². The number of hydrogen-bond acceptors (Lipinski definition) is 6. The molecule has 2 aromatic rings. The SMILES string of the molecule is COc1cc(NC(=O)NC2CCOC(c3cncn3C)C2)ncn1. The number of ether oxygens (including phenoxy) is 2. The molecule has 24 heavy (non-hydrogen) atoms. The van der Waals surface area contributed by atoms with Gasteiger partial charge in [0.05, 0.1) is 25.3 Å². The van der Waals surface area contributed by atoms with Gasteiger partial charge in [-0.25, -0.2) is 19.7 Å². The van der Waals surface area contributed by atoms with E-state index in [-0.39, 0.29) is 18.2 Å². The highest BCUT2D eigenvalue weighted by molar-refractivity contribution is 5.88. The van der Waals surface area contributed by atoms with Crippen molar-refractivity contribution in [2.24, 2.45) is 7.05 Å². The van der Waals surface area contributed by atoms with Gasteiger partial charge in [-0.2, -0.15) is 0 Å². The predicted molar refractivity (Wildman–Crippen MR) is 85.7 cm³/mol. The molecule has 1 aliphatic heterocycles. The van der Waals surface area contributed by atoms with Crippen molar-refractivity contribution in [1.29, 1.82) is 0 Å². The van der Waals surface area contributed by atoms with Crippen LogP contribution in [0.25, 0.3) is 0 Å². The van der Waals surface area contributed by atoms with Gasteiger partial charge in [-0.05, 0) is 12.8 Å². The molecule has 9 nitrogen and oxygen atoms in total. The van der Waals surface area contributed by atoms with Gasteiger partial charge in [0.15, 0.2) is 0 Å². The number of nitrogens with zero attached hydrogens (tertiary/aromatic N) is 4. The van der Waals surface area contributed by atoms with E-state index in [4.69, 9.17) is 9.47 Å². The van der Waals surface area contributed by atoms with Crippen molar-refractivity contribution in [3.05, 3.63) is 30.6 Å². The second kappa shape index (κ2) is 7.26. The molecule has 2 atom stereocenters. The van der Waals surface area contributed by atoms with Crippen molar-refractivity contribution in [3.8, 4) is 5.88 Å². The minimum Gasteiger partial charge on any atom is -0.481 e. The Morgan fingerprint density at radius 3 is 3.08 bits per heavy atom. The number of hydrogen-bond donors (Lipinski definition) is 2. The number of urea groups is 1. The first-order valence-corrected chi connectivity index (χ1v) is 7.67. The van der Waals surface area contributed by atoms with Crippen LogP contribution < -0.4 is 15.4 Å². The van der Waals surface area contributed by atoms with Gasteiger partial charge in [-0.3, -0.25) is 5.32 Å². The third kappa shape index (κ3) is 3.80. The smallest absolute Gasteiger partial charge is 0.320 e. The second-order valence-electron chi connectivity index (χ2n) is 5.55. The first-order valence-electron chi connectivity index (χ1n) is 7.67. The number of aromatic nitrogens is 4. The molecule has 3 rings (SSSR count). The molecule has 9 heteroatoms. The van der Waals surface area contributed by atoms with Crippen molar-refractivity contribution >= 4 is 11.8 Å². The third-order valence-corrected chi connectivity index (χ3v) is 3.90. The maximum Gasteiger partial charge on any atom is 0.320 e. The quantitative estimate of drug-likeness (QED) is 0.874. The van der Waals surface area contributed by atoms with Crippen molar-refractivity contribution in [1.82, 2.24) is 24.8 Å². The van der Waals surface area contributed by atoms with Gasteiger partial charge in [-0.15, -0.1) is 0 Å². The summed E-state index contributed by atoms with van der Waals surface area (Å²) in [6.45, 7) is 0.585. The lowest BCUT2D eigenvalue weighted by atomic mass is 10.0. The van der Waals surface area contributed by atoms with Crippen LogP contribution >= 0.6 is 0 Å². The summed E-state index contributed by atoms with van der Waals surface area (Å²) in [4.78, 5) is 24.2. The van der Waals surface area contributed by atoms with E-state index in [0.29, 0.717) is 24.7 Å². The fourth-order valence-electron chi connectivity index (χ4n) is 2.67. The van der Waals surface area contributed by atoms with Crippen LogP contribution in [0.5, 0.6) is 5.88 Å². The highest BCUT2D eigenvalue weighted by Crippen LogP contribution is 2.27. The van der Waals surface area contributed by atoms with Crippen molar-refractivity contribution < 1.29 is 14.3 Å². The lowest BCUT2D eigenvalue weighted by Crippen LogP contribution is -2.42. The van der Waals surface area contributed by atoms with Crippen LogP contribution in [-0.4, -0.2) is 45.3 Å². The molecular formula is C15H20N6O3. The monoisotopic (exact) mass is 332 g/mol. The van der Waals surface area contributed by atoms with Crippen LogP contribution in [0, 0.1) is 0 Å². The largest absolute Gasteiger partial charge is 0.481 e. The molecule has 3 heterocycles. The number of methoxy groups -OCH3 is 1. The fourth-order valence-corrected chi connectivity index (χ4v) is 2.67. The van der Waals surface area contributed by atoms with Gasteiger partial charge in [0, 0.05) is 25.8 Å². The summed E-state index contributed by atoms with van der Waals surface area (Å²) in [7, 11) is 3.44. The zero-order valence-corrected chi connectivity index (χ0v) is 13.6. The first kappa shape index (κ1) is 16.2. The summed E-state index contributed by atoms with van der Waals surface area (Å²) in [6, 6.07) is 1.26. The van der Waals surface area contributed by atoms with Gasteiger partial charge >= 0.3 is 6.03 Å². The lowest BCUT2D eigenvalue weighted by molar-refractivity contribution is -0.00151. The third-order valence-electron chi connectivity index (χ3n) is 3.90. The molecule has 2 unspecified atom stereocenters. The summed E-state index contributed by atoms with van der Waals surface area (Å²) in [5, 5.41) is 5.64. The highest BCUT2D eigenvalue weighted by Gasteiger charge is 2.26. The Bertz CT molecular complexity index is 704. The zero-order valence-electron chi connectivity index (χ0n) is 13.6. The standard InChI is InChI=1S/C15H20N6O3/c1-21-9-16-7-11(21)12-5-10(3-4-24-12)19-15(22)20-13-6-14(23-2)18-8-17-13/h6-10,12H,3-5H2,1-2H3,(H2,17,18,19,20,22). The van der Waals surface area contributed by atoms with Gasteiger partial charge in [0.1, 0.15) is 18.2 Å². The Morgan fingerprint density at radius 1 is 1.46 bits per heavy atom. The number of rotatable bonds is 4. The van der Waals surface area contributed by atoms with E-state index in [1.807, 2.05) is 11.6 Å². The number of carbonyl (C=O) groups excluding carboxylic acids is 1. The molecule has 0 radical (unpaired) electrons. The molecule has 0 aliphatic carbocycles. The Labute approximate surface area is 139 Å². The van der Waals surface area contributed by atoms with E-state index in [9.17, 15) is 4.79 Å². The van der Waals surface area contributed by atoms with E-state index in [2.05, 4.69) is 25.6 Å². The number of anilines is 1. The summed E-state index contributed by atoms with van der Waals surface area (Å²) in [5.41, 5.74) is 1.00. The van der Waals surface area contributed by atoms with Gasteiger partial charge in [-0.1, -0.05) is 0 Å². The summed E-state index contributed by atoms with van der Waals surface area (Å²) in [6.07, 6.45) is 6.25. The second-order valence-corrected chi connectivity index (χ2v) is 5.55. The lowest BCUT2D eigenvalue weighted by Gasteiger charge is -2.30. The van der Waals surface area contributed by atoms with E-state index in [0.717, 1.165) is 12.1 Å². The molecule has 2 N–H and O–H groups in total. The molecule has 0 bridgehead atoms. The summed E-state index contributed by atoms with van der Waals surface area (Å²) >= 11 is 0. The molecule has 0 aromatic carbocycles. The molecule has 0 saturated carbocycles. The maximum atomic E-state index is 12.2. The van der Waals surface area contributed by atoms with E-state index >= 15 is 0 Å². The fraction of sp³-hybridized carbons (Fsp3) is 0.467. The Morgan fingerprint density at radius 2 is 2.33 bits per heavy atom. The number of nitrogens with one attached hydrogen (secondary N) is 2. The summed E-state index contributed by atoms with van der Waals surface area (Å²) in [5.74, 6) is 0.775. The van der Waals surface area contributed by atoms with Crippen LogP contribution in [0.1, 0.15) is 24.6 Å². The van der Waals surface area contributed by atoms with Gasteiger partial charge in [0.2, 0.25) is 5.88 Å².